The molecule has 0 aliphatic carbocycles. The van der Waals surface area contributed by atoms with Crippen LogP contribution in [0.3, 0.4) is 0 Å². The maximum absolute atomic E-state index is 6.02. The molecule has 6 heteroatoms. The van der Waals surface area contributed by atoms with Crippen LogP contribution >= 0.6 is 43.5 Å². The van der Waals surface area contributed by atoms with Crippen LogP contribution in [0.25, 0.3) is 0 Å². The first-order valence-corrected chi connectivity index (χ1v) is 6.65. The summed E-state index contributed by atoms with van der Waals surface area (Å²) in [6, 6.07) is 5.59. The van der Waals surface area contributed by atoms with Gasteiger partial charge in [-0.3, -0.25) is 4.98 Å². The minimum atomic E-state index is 0.568. The van der Waals surface area contributed by atoms with Crippen molar-refractivity contribution in [2.24, 2.45) is 0 Å². The SMILES string of the molecule is Nc1cncc(Br)c1Nc1ccc(Br)c(Cl)c1. The molecule has 0 aliphatic heterocycles. The lowest BCUT2D eigenvalue weighted by Crippen LogP contribution is -1.98. The third kappa shape index (κ3) is 2.91. The fourth-order valence-corrected chi connectivity index (χ4v) is 2.17. The average Bonchev–Trinajstić information content (AvgIpc) is 2.28. The first-order valence-electron chi connectivity index (χ1n) is 4.69. The summed E-state index contributed by atoms with van der Waals surface area (Å²) in [4.78, 5) is 3.97. The van der Waals surface area contributed by atoms with Crippen molar-refractivity contribution in [3.63, 3.8) is 0 Å². The number of nitrogens with one attached hydrogen (secondary N) is 1. The minimum absolute atomic E-state index is 0.568. The van der Waals surface area contributed by atoms with Gasteiger partial charge in [0, 0.05) is 16.4 Å². The monoisotopic (exact) mass is 375 g/mol. The first-order chi connectivity index (χ1) is 8.08. The Bertz CT molecular complexity index is 540. The van der Waals surface area contributed by atoms with Crippen LogP contribution in [0, 0.1) is 0 Å². The van der Waals surface area contributed by atoms with Crippen LogP contribution in [0.2, 0.25) is 5.02 Å². The Morgan fingerprint density at radius 3 is 2.59 bits per heavy atom. The molecule has 1 aromatic carbocycles. The van der Waals surface area contributed by atoms with Gasteiger partial charge in [-0.2, -0.15) is 0 Å². The van der Waals surface area contributed by atoms with E-state index in [-0.39, 0.29) is 0 Å². The Kier molecular flexibility index (Phi) is 3.91. The Hall–Kier alpha value is -0.780. The van der Waals surface area contributed by atoms with E-state index in [0.29, 0.717) is 10.7 Å². The van der Waals surface area contributed by atoms with E-state index in [1.807, 2.05) is 18.2 Å². The molecule has 1 heterocycles. The molecular weight excluding hydrogens is 369 g/mol. The van der Waals surface area contributed by atoms with E-state index in [1.54, 1.807) is 12.4 Å². The maximum Gasteiger partial charge on any atom is 0.0794 e. The summed E-state index contributed by atoms with van der Waals surface area (Å²) in [5.74, 6) is 0. The molecule has 17 heavy (non-hydrogen) atoms. The molecule has 1 aromatic heterocycles. The van der Waals surface area contributed by atoms with Crippen LogP contribution in [0.5, 0.6) is 0 Å². The summed E-state index contributed by atoms with van der Waals surface area (Å²) in [6.45, 7) is 0. The number of halogens is 3. The average molecular weight is 377 g/mol. The van der Waals surface area contributed by atoms with Crippen molar-refractivity contribution in [1.29, 1.82) is 0 Å². The number of aromatic nitrogens is 1. The van der Waals surface area contributed by atoms with Crippen LogP contribution in [0.15, 0.2) is 39.5 Å². The Morgan fingerprint density at radius 1 is 1.18 bits per heavy atom. The van der Waals surface area contributed by atoms with Crippen LogP contribution < -0.4 is 11.1 Å². The van der Waals surface area contributed by atoms with Gasteiger partial charge in [0.15, 0.2) is 0 Å². The summed E-state index contributed by atoms with van der Waals surface area (Å²) >= 11 is 12.7. The van der Waals surface area contributed by atoms with E-state index in [9.17, 15) is 0 Å². The Labute approximate surface area is 121 Å². The predicted molar refractivity (Wildman–Crippen MR) is 78.8 cm³/mol. The molecule has 0 aliphatic rings. The van der Waals surface area contributed by atoms with Gasteiger partial charge >= 0.3 is 0 Å². The topological polar surface area (TPSA) is 50.9 Å². The molecule has 0 bridgehead atoms. The van der Waals surface area contributed by atoms with E-state index < -0.39 is 0 Å². The minimum Gasteiger partial charge on any atom is -0.396 e. The van der Waals surface area contributed by atoms with Gasteiger partial charge in [0.05, 0.1) is 27.1 Å². The molecule has 88 valence electrons. The van der Waals surface area contributed by atoms with Gasteiger partial charge in [0.2, 0.25) is 0 Å². The normalized spacial score (nSPS) is 10.3. The summed E-state index contributed by atoms with van der Waals surface area (Å²) in [7, 11) is 0. The van der Waals surface area contributed by atoms with Crippen molar-refractivity contribution in [1.82, 2.24) is 4.98 Å². The maximum atomic E-state index is 6.02. The summed E-state index contributed by atoms with van der Waals surface area (Å²) < 4.78 is 1.66. The molecule has 0 saturated carbocycles. The van der Waals surface area contributed by atoms with Crippen molar-refractivity contribution in [2.75, 3.05) is 11.1 Å². The largest absolute Gasteiger partial charge is 0.396 e. The van der Waals surface area contributed by atoms with Crippen LogP contribution in [-0.2, 0) is 0 Å². The number of hydrogen-bond acceptors (Lipinski definition) is 3. The highest BCUT2D eigenvalue weighted by atomic mass is 79.9. The second-order valence-corrected chi connectivity index (χ2v) is 5.46. The van der Waals surface area contributed by atoms with Crippen molar-refractivity contribution < 1.29 is 0 Å². The summed E-state index contributed by atoms with van der Waals surface area (Å²) in [5, 5.41) is 3.83. The Balaban J connectivity index is 2.35. The van der Waals surface area contributed by atoms with Crippen LogP contribution in [0.1, 0.15) is 0 Å². The van der Waals surface area contributed by atoms with E-state index in [2.05, 4.69) is 42.2 Å². The molecule has 3 N–H and O–H groups in total. The lowest BCUT2D eigenvalue weighted by atomic mass is 10.3. The molecule has 0 fully saturated rings. The zero-order valence-electron chi connectivity index (χ0n) is 8.55. The van der Waals surface area contributed by atoms with Gasteiger partial charge in [-0.05, 0) is 50.1 Å². The third-order valence-corrected chi connectivity index (χ3v) is 3.95. The number of nitrogens with two attached hydrogens (primary N) is 1. The van der Waals surface area contributed by atoms with Crippen LogP contribution in [-0.4, -0.2) is 4.98 Å². The molecular formula is C11H8Br2ClN3. The molecule has 3 nitrogen and oxygen atoms in total. The fourth-order valence-electron chi connectivity index (χ4n) is 1.30. The van der Waals surface area contributed by atoms with E-state index in [1.165, 1.54) is 0 Å². The molecule has 2 aromatic rings. The Morgan fingerprint density at radius 2 is 1.94 bits per heavy atom. The molecule has 0 atom stereocenters. The fraction of sp³-hybridized carbons (Fsp3) is 0. The number of nitrogens with zero attached hydrogens (tertiary/aromatic N) is 1. The van der Waals surface area contributed by atoms with E-state index in [0.717, 1.165) is 20.3 Å². The summed E-state index contributed by atoms with van der Waals surface area (Å²) in [5.41, 5.74) is 8.04. The van der Waals surface area contributed by atoms with Crippen molar-refractivity contribution in [3.05, 3.63) is 44.6 Å². The lowest BCUT2D eigenvalue weighted by molar-refractivity contribution is 1.31. The van der Waals surface area contributed by atoms with E-state index in [4.69, 9.17) is 17.3 Å². The highest BCUT2D eigenvalue weighted by molar-refractivity contribution is 9.11. The highest BCUT2D eigenvalue weighted by Crippen LogP contribution is 2.32. The van der Waals surface area contributed by atoms with Crippen LogP contribution in [0.4, 0.5) is 17.1 Å². The molecule has 0 spiro atoms. The number of nitrogen functional groups attached to an aromatic ring is 1. The van der Waals surface area contributed by atoms with Gasteiger partial charge in [0.1, 0.15) is 0 Å². The van der Waals surface area contributed by atoms with Crippen molar-refractivity contribution >= 4 is 60.5 Å². The highest BCUT2D eigenvalue weighted by Gasteiger charge is 2.06. The zero-order valence-corrected chi connectivity index (χ0v) is 12.5. The number of hydrogen-bond donors (Lipinski definition) is 2. The molecule has 2 rings (SSSR count). The second kappa shape index (κ2) is 5.25. The number of rotatable bonds is 2. The van der Waals surface area contributed by atoms with Crippen molar-refractivity contribution in [2.45, 2.75) is 0 Å². The van der Waals surface area contributed by atoms with Crippen molar-refractivity contribution in [3.8, 4) is 0 Å². The molecule has 0 radical (unpaired) electrons. The first kappa shape index (κ1) is 12.7. The molecule has 0 saturated heterocycles. The zero-order chi connectivity index (χ0) is 12.4. The quantitative estimate of drug-likeness (QED) is 0.805. The molecule has 0 unspecified atom stereocenters. The second-order valence-electron chi connectivity index (χ2n) is 3.34. The van der Waals surface area contributed by atoms with Gasteiger partial charge < -0.3 is 11.1 Å². The smallest absolute Gasteiger partial charge is 0.0794 e. The lowest BCUT2D eigenvalue weighted by Gasteiger charge is -2.11. The number of benzene rings is 1. The predicted octanol–water partition coefficient (Wildman–Crippen LogP) is 4.59. The number of pyridine rings is 1. The summed E-state index contributed by atoms with van der Waals surface area (Å²) in [6.07, 6.45) is 3.27. The van der Waals surface area contributed by atoms with Gasteiger partial charge in [-0.25, -0.2) is 0 Å². The molecule has 0 amide bonds. The standard InChI is InChI=1S/C11H8Br2ClN3/c12-7-2-1-6(3-9(7)14)17-11-8(13)4-16-5-10(11)15/h1-5H,15H2,(H,16,17). The van der Waals surface area contributed by atoms with Gasteiger partial charge in [-0.1, -0.05) is 11.6 Å². The van der Waals surface area contributed by atoms with Gasteiger partial charge in [0.25, 0.3) is 0 Å². The third-order valence-electron chi connectivity index (χ3n) is 2.12. The van der Waals surface area contributed by atoms with Gasteiger partial charge in [-0.15, -0.1) is 0 Å². The van der Waals surface area contributed by atoms with E-state index >= 15 is 0 Å². The number of anilines is 3.